The molecule has 7 nitrogen and oxygen atoms in total. The quantitative estimate of drug-likeness (QED) is 0.784. The molecule has 0 bridgehead atoms. The molecular weight excluding hydrogens is 256 g/mol. The summed E-state index contributed by atoms with van der Waals surface area (Å²) in [7, 11) is -0.468. The van der Waals surface area contributed by atoms with Crippen LogP contribution >= 0.6 is 0 Å². The Hall–Kier alpha value is -1.41. The lowest BCUT2D eigenvalue weighted by Crippen LogP contribution is -2.40. The summed E-state index contributed by atoms with van der Waals surface area (Å²) in [4.78, 5) is 13.1. The molecule has 8 heteroatoms. The molecule has 0 aliphatic heterocycles. The van der Waals surface area contributed by atoms with E-state index >= 15 is 0 Å². The molecule has 18 heavy (non-hydrogen) atoms. The summed E-state index contributed by atoms with van der Waals surface area (Å²) in [6, 6.07) is 0. The molecule has 0 fully saturated rings. The first kappa shape index (κ1) is 14.7. The van der Waals surface area contributed by atoms with Crippen LogP contribution in [0.4, 0.5) is 0 Å². The Bertz CT molecular complexity index is 481. The van der Waals surface area contributed by atoms with Gasteiger partial charge in [0, 0.05) is 26.8 Å². The molecule has 0 aliphatic carbocycles. The molecule has 1 aromatic rings. The fourth-order valence-electron chi connectivity index (χ4n) is 1.36. The van der Waals surface area contributed by atoms with Crippen molar-refractivity contribution < 1.29 is 13.2 Å². The number of likely N-dealkylation sites (N-methyl/N-ethyl adjacent to an activating group) is 1. The van der Waals surface area contributed by atoms with E-state index in [0.29, 0.717) is 13.0 Å². The number of amides is 1. The fraction of sp³-hybridized carbons (Fsp3) is 0.600. The molecule has 1 amide bonds. The van der Waals surface area contributed by atoms with Gasteiger partial charge in [-0.25, -0.2) is 8.42 Å². The zero-order valence-corrected chi connectivity index (χ0v) is 11.6. The van der Waals surface area contributed by atoms with E-state index in [9.17, 15) is 13.2 Å². The first-order chi connectivity index (χ1) is 8.39. The van der Waals surface area contributed by atoms with Crippen molar-refractivity contribution in [1.29, 1.82) is 0 Å². The van der Waals surface area contributed by atoms with Gasteiger partial charge in [-0.2, -0.15) is 9.40 Å². The number of H-pyrrole nitrogens is 1. The van der Waals surface area contributed by atoms with Crippen LogP contribution in [0.3, 0.4) is 0 Å². The van der Waals surface area contributed by atoms with Gasteiger partial charge < -0.3 is 4.90 Å². The molecule has 0 unspecified atom stereocenters. The zero-order valence-electron chi connectivity index (χ0n) is 10.8. The smallest absolute Gasteiger partial charge is 0.246 e. The molecule has 102 valence electrons. The van der Waals surface area contributed by atoms with E-state index in [4.69, 9.17) is 0 Å². The number of carbonyl (C=O) groups is 1. The molecule has 0 saturated carbocycles. The van der Waals surface area contributed by atoms with Gasteiger partial charge in [0.1, 0.15) is 4.90 Å². The van der Waals surface area contributed by atoms with Gasteiger partial charge in [-0.15, -0.1) is 0 Å². The van der Waals surface area contributed by atoms with Crippen molar-refractivity contribution in [3.63, 3.8) is 0 Å². The third kappa shape index (κ3) is 3.30. The average molecular weight is 274 g/mol. The second-order valence-electron chi connectivity index (χ2n) is 4.06. The Kier molecular flexibility index (Phi) is 4.85. The molecule has 0 atom stereocenters. The highest BCUT2D eigenvalue weighted by Gasteiger charge is 2.27. The highest BCUT2D eigenvalue weighted by atomic mass is 32.2. The minimum atomic E-state index is -3.66. The van der Waals surface area contributed by atoms with Gasteiger partial charge in [0.2, 0.25) is 15.9 Å². The fourth-order valence-corrected chi connectivity index (χ4v) is 2.74. The topological polar surface area (TPSA) is 86.4 Å². The van der Waals surface area contributed by atoms with Crippen molar-refractivity contribution in [2.24, 2.45) is 0 Å². The molecule has 1 heterocycles. The van der Waals surface area contributed by atoms with Crippen LogP contribution in [0.2, 0.25) is 0 Å². The van der Waals surface area contributed by atoms with E-state index in [1.54, 1.807) is 14.1 Å². The number of nitrogens with one attached hydrogen (secondary N) is 1. The highest BCUT2D eigenvalue weighted by molar-refractivity contribution is 7.89. The summed E-state index contributed by atoms with van der Waals surface area (Å²) >= 11 is 0. The number of sulfonamides is 1. The molecular formula is C10H18N4O3S. The van der Waals surface area contributed by atoms with Gasteiger partial charge in [0.05, 0.1) is 12.7 Å². The SMILES string of the molecule is CCCN(CC(=O)N(C)C)S(=O)(=O)c1cn[nH]c1. The lowest BCUT2D eigenvalue weighted by atomic mass is 10.4. The maximum atomic E-state index is 12.2. The second-order valence-corrected chi connectivity index (χ2v) is 6.00. The molecule has 1 aromatic heterocycles. The number of rotatable bonds is 6. The van der Waals surface area contributed by atoms with E-state index < -0.39 is 10.0 Å². The molecule has 0 aromatic carbocycles. The summed E-state index contributed by atoms with van der Waals surface area (Å²) < 4.78 is 25.6. The van der Waals surface area contributed by atoms with Crippen LogP contribution in [0.1, 0.15) is 13.3 Å². The number of aromatic amines is 1. The number of hydrogen-bond acceptors (Lipinski definition) is 4. The number of aromatic nitrogens is 2. The van der Waals surface area contributed by atoms with Crippen molar-refractivity contribution in [1.82, 2.24) is 19.4 Å². The summed E-state index contributed by atoms with van der Waals surface area (Å²) in [5.41, 5.74) is 0. The Labute approximate surface area is 107 Å². The molecule has 0 radical (unpaired) electrons. The van der Waals surface area contributed by atoms with Gasteiger partial charge >= 0.3 is 0 Å². The lowest BCUT2D eigenvalue weighted by molar-refractivity contribution is -0.128. The van der Waals surface area contributed by atoms with Crippen LogP contribution in [0.5, 0.6) is 0 Å². The third-order valence-corrected chi connectivity index (χ3v) is 4.20. The third-order valence-electron chi connectivity index (χ3n) is 2.39. The first-order valence-electron chi connectivity index (χ1n) is 5.58. The van der Waals surface area contributed by atoms with Crippen molar-refractivity contribution in [3.05, 3.63) is 12.4 Å². The van der Waals surface area contributed by atoms with Gasteiger partial charge in [0.15, 0.2) is 0 Å². The maximum absolute atomic E-state index is 12.2. The van der Waals surface area contributed by atoms with Gasteiger partial charge in [0.25, 0.3) is 0 Å². The van der Waals surface area contributed by atoms with Gasteiger partial charge in [-0.05, 0) is 6.42 Å². The summed E-state index contributed by atoms with van der Waals surface area (Å²) in [5.74, 6) is -0.254. The normalized spacial score (nSPS) is 11.8. The number of hydrogen-bond donors (Lipinski definition) is 1. The number of carbonyl (C=O) groups excluding carboxylic acids is 1. The van der Waals surface area contributed by atoms with Gasteiger partial charge in [-0.3, -0.25) is 9.89 Å². The molecule has 1 rings (SSSR count). The Balaban J connectivity index is 2.95. The molecule has 1 N–H and O–H groups in total. The summed E-state index contributed by atoms with van der Waals surface area (Å²) in [6.45, 7) is 2.00. The Morgan fingerprint density at radius 2 is 2.11 bits per heavy atom. The van der Waals surface area contributed by atoms with Crippen LogP contribution in [0.15, 0.2) is 17.3 Å². The highest BCUT2D eigenvalue weighted by Crippen LogP contribution is 2.14. The van der Waals surface area contributed by atoms with Crippen molar-refractivity contribution >= 4 is 15.9 Å². The van der Waals surface area contributed by atoms with Crippen molar-refractivity contribution in [2.45, 2.75) is 18.2 Å². The molecule has 0 aliphatic rings. The average Bonchev–Trinajstić information content (AvgIpc) is 2.82. The first-order valence-corrected chi connectivity index (χ1v) is 7.02. The molecule has 0 saturated heterocycles. The van der Waals surface area contributed by atoms with E-state index in [2.05, 4.69) is 10.2 Å². The lowest BCUT2D eigenvalue weighted by Gasteiger charge is -2.21. The standard InChI is InChI=1S/C10H18N4O3S/c1-4-5-14(8-10(15)13(2)3)18(16,17)9-6-11-12-7-9/h6-7H,4-5,8H2,1-3H3,(H,11,12). The van der Waals surface area contributed by atoms with E-state index in [1.165, 1.54) is 21.6 Å². The largest absolute Gasteiger partial charge is 0.348 e. The predicted molar refractivity (Wildman–Crippen MR) is 66.3 cm³/mol. The molecule has 0 spiro atoms. The maximum Gasteiger partial charge on any atom is 0.246 e. The monoisotopic (exact) mass is 274 g/mol. The predicted octanol–water partition coefficient (Wildman–Crippen LogP) is -0.101. The Morgan fingerprint density at radius 3 is 2.56 bits per heavy atom. The van der Waals surface area contributed by atoms with Crippen molar-refractivity contribution in [3.8, 4) is 0 Å². The summed E-state index contributed by atoms with van der Waals surface area (Å²) in [6.07, 6.45) is 3.17. The Morgan fingerprint density at radius 1 is 1.44 bits per heavy atom. The minimum absolute atomic E-state index is 0.0718. The van der Waals surface area contributed by atoms with Crippen molar-refractivity contribution in [2.75, 3.05) is 27.2 Å². The zero-order chi connectivity index (χ0) is 13.8. The van der Waals surface area contributed by atoms with Crippen LogP contribution in [0, 0.1) is 0 Å². The van der Waals surface area contributed by atoms with Crippen LogP contribution in [0.25, 0.3) is 0 Å². The van der Waals surface area contributed by atoms with Crippen LogP contribution < -0.4 is 0 Å². The minimum Gasteiger partial charge on any atom is -0.348 e. The van der Waals surface area contributed by atoms with Crippen LogP contribution in [-0.4, -0.2) is 60.9 Å². The second kappa shape index (κ2) is 5.96. The van der Waals surface area contributed by atoms with E-state index in [-0.39, 0.29) is 17.3 Å². The van der Waals surface area contributed by atoms with Crippen LogP contribution in [-0.2, 0) is 14.8 Å². The van der Waals surface area contributed by atoms with E-state index in [0.717, 1.165) is 0 Å². The van der Waals surface area contributed by atoms with Gasteiger partial charge in [-0.1, -0.05) is 6.92 Å². The van der Waals surface area contributed by atoms with E-state index in [1.807, 2.05) is 6.92 Å². The number of nitrogens with zero attached hydrogens (tertiary/aromatic N) is 3. The summed E-state index contributed by atoms with van der Waals surface area (Å²) in [5, 5.41) is 6.08.